The maximum Gasteiger partial charge on any atom is 0.227 e. The van der Waals surface area contributed by atoms with Crippen LogP contribution in [0.25, 0.3) is 23.1 Å². The lowest BCUT2D eigenvalue weighted by atomic mass is 10.1. The molecule has 0 atom stereocenters. The Hall–Kier alpha value is -4.18. The second-order valence-electron chi connectivity index (χ2n) is 6.83. The van der Waals surface area contributed by atoms with Crippen LogP contribution in [0.15, 0.2) is 97.1 Å². The van der Waals surface area contributed by atoms with Gasteiger partial charge in [0.25, 0.3) is 0 Å². The number of rotatable bonds is 7. The second kappa shape index (κ2) is 9.55. The molecule has 4 aromatic rings. The molecule has 4 nitrogen and oxygen atoms in total. The fraction of sp³-hybridized carbons (Fsp3) is 0.0370. The van der Waals surface area contributed by atoms with E-state index in [-0.39, 0.29) is 5.78 Å². The van der Waals surface area contributed by atoms with Crippen LogP contribution >= 0.6 is 0 Å². The van der Waals surface area contributed by atoms with Gasteiger partial charge in [-0.2, -0.15) is 0 Å². The fourth-order valence-corrected chi connectivity index (χ4v) is 3.04. The Labute approximate surface area is 181 Å². The lowest BCUT2D eigenvalue weighted by molar-refractivity contribution is -0.110. The van der Waals surface area contributed by atoms with Crippen LogP contribution in [-0.2, 0) is 4.79 Å². The molecule has 0 amide bonds. The van der Waals surface area contributed by atoms with Crippen molar-refractivity contribution in [3.05, 3.63) is 108 Å². The van der Waals surface area contributed by atoms with Crippen molar-refractivity contribution in [3.63, 3.8) is 0 Å². The van der Waals surface area contributed by atoms with Crippen molar-refractivity contribution in [2.24, 2.45) is 0 Å². The van der Waals surface area contributed by atoms with Gasteiger partial charge in [0.2, 0.25) is 5.88 Å². The average Bonchev–Trinajstić information content (AvgIpc) is 2.82. The molecule has 1 aromatic heterocycles. The van der Waals surface area contributed by atoms with Crippen molar-refractivity contribution < 1.29 is 14.3 Å². The maximum absolute atomic E-state index is 12.4. The zero-order valence-corrected chi connectivity index (χ0v) is 17.1. The Kier molecular flexibility index (Phi) is 6.19. The maximum atomic E-state index is 12.4. The summed E-state index contributed by atoms with van der Waals surface area (Å²) in [5.41, 5.74) is 2.48. The third kappa shape index (κ3) is 5.25. The topological polar surface area (TPSA) is 48.4 Å². The molecule has 3 aromatic carbocycles. The molecule has 0 spiro atoms. The number of methoxy groups -OCH3 is 1. The smallest absolute Gasteiger partial charge is 0.227 e. The van der Waals surface area contributed by atoms with Gasteiger partial charge in [-0.1, -0.05) is 54.6 Å². The third-order valence-corrected chi connectivity index (χ3v) is 4.66. The summed E-state index contributed by atoms with van der Waals surface area (Å²) >= 11 is 0. The number of fused-ring (bicyclic) bond motifs is 1. The number of ketones is 1. The van der Waals surface area contributed by atoms with E-state index in [1.54, 1.807) is 19.3 Å². The Balaban J connectivity index is 1.58. The quantitative estimate of drug-likeness (QED) is 0.336. The molecule has 0 saturated carbocycles. The number of allylic oxidation sites excluding steroid dienone is 2. The minimum Gasteiger partial charge on any atom is -0.497 e. The number of hydrogen-bond acceptors (Lipinski definition) is 4. The summed E-state index contributed by atoms with van der Waals surface area (Å²) in [7, 11) is 1.62. The fourth-order valence-electron chi connectivity index (χ4n) is 3.04. The summed E-state index contributed by atoms with van der Waals surface area (Å²) in [6.45, 7) is 0. The van der Waals surface area contributed by atoms with Crippen LogP contribution in [0.1, 0.15) is 11.1 Å². The Morgan fingerprint density at radius 1 is 0.806 bits per heavy atom. The van der Waals surface area contributed by atoms with E-state index in [0.717, 1.165) is 27.8 Å². The monoisotopic (exact) mass is 407 g/mol. The number of nitrogens with zero attached hydrogens (tertiary/aromatic N) is 1. The van der Waals surface area contributed by atoms with E-state index in [0.29, 0.717) is 11.6 Å². The van der Waals surface area contributed by atoms with E-state index in [9.17, 15) is 4.79 Å². The van der Waals surface area contributed by atoms with Crippen molar-refractivity contribution in [3.8, 4) is 17.4 Å². The molecule has 0 aliphatic heterocycles. The Bertz CT molecular complexity index is 1240. The van der Waals surface area contributed by atoms with Crippen LogP contribution in [-0.4, -0.2) is 17.9 Å². The number of ether oxygens (including phenoxy) is 2. The molecule has 152 valence electrons. The number of para-hydroxylation sites is 2. The summed E-state index contributed by atoms with van der Waals surface area (Å²) in [5.74, 6) is 1.78. The van der Waals surface area contributed by atoms with E-state index in [1.807, 2.05) is 84.9 Å². The molecular weight excluding hydrogens is 386 g/mol. The highest BCUT2D eigenvalue weighted by molar-refractivity contribution is 6.04. The van der Waals surface area contributed by atoms with Crippen LogP contribution in [0.5, 0.6) is 17.4 Å². The van der Waals surface area contributed by atoms with Crippen molar-refractivity contribution >= 4 is 28.8 Å². The lowest BCUT2D eigenvalue weighted by Gasteiger charge is -2.09. The number of hydrogen-bond donors (Lipinski definition) is 0. The van der Waals surface area contributed by atoms with Crippen LogP contribution in [0, 0.1) is 0 Å². The summed E-state index contributed by atoms with van der Waals surface area (Å²) in [5, 5.41) is 0.976. The van der Waals surface area contributed by atoms with Gasteiger partial charge < -0.3 is 9.47 Å². The van der Waals surface area contributed by atoms with Crippen molar-refractivity contribution in [1.82, 2.24) is 4.98 Å². The molecule has 0 aliphatic carbocycles. The van der Waals surface area contributed by atoms with Crippen LogP contribution in [0.4, 0.5) is 0 Å². The molecule has 0 radical (unpaired) electrons. The number of carbonyl (C=O) groups excluding carboxylic acids is 1. The summed E-state index contributed by atoms with van der Waals surface area (Å²) in [6, 6.07) is 26.7. The lowest BCUT2D eigenvalue weighted by Crippen LogP contribution is -1.93. The van der Waals surface area contributed by atoms with Gasteiger partial charge in [-0.15, -0.1) is 0 Å². The molecule has 0 bridgehead atoms. The van der Waals surface area contributed by atoms with Crippen LogP contribution in [0.3, 0.4) is 0 Å². The highest BCUT2D eigenvalue weighted by atomic mass is 16.5. The minimum atomic E-state index is -0.130. The molecule has 31 heavy (non-hydrogen) atoms. The van der Waals surface area contributed by atoms with Crippen LogP contribution < -0.4 is 9.47 Å². The van der Waals surface area contributed by atoms with Gasteiger partial charge in [0.15, 0.2) is 5.78 Å². The first kappa shape index (κ1) is 20.1. The predicted octanol–water partition coefficient (Wildman–Crippen LogP) is 6.33. The Morgan fingerprint density at radius 2 is 1.52 bits per heavy atom. The minimum absolute atomic E-state index is 0.130. The summed E-state index contributed by atoms with van der Waals surface area (Å²) < 4.78 is 11.1. The molecule has 1 heterocycles. The number of carbonyl (C=O) groups is 1. The zero-order chi connectivity index (χ0) is 21.5. The third-order valence-electron chi connectivity index (χ3n) is 4.66. The standard InChI is InChI=1S/C27H21NO3/c1-30-24-17-12-20(13-18-24)11-15-23(29)16-14-22-19-21-7-5-6-10-26(21)28-27(22)31-25-8-3-2-4-9-25/h2-19H,1H3/b15-11+,16-14+. The van der Waals surface area contributed by atoms with Gasteiger partial charge in [-0.05, 0) is 60.2 Å². The largest absolute Gasteiger partial charge is 0.497 e. The molecule has 0 saturated heterocycles. The second-order valence-corrected chi connectivity index (χ2v) is 6.83. The van der Waals surface area contributed by atoms with Crippen molar-refractivity contribution in [1.29, 1.82) is 0 Å². The molecule has 0 N–H and O–H groups in total. The number of benzene rings is 3. The highest BCUT2D eigenvalue weighted by Gasteiger charge is 2.08. The van der Waals surface area contributed by atoms with Gasteiger partial charge in [0.05, 0.1) is 12.6 Å². The summed E-state index contributed by atoms with van der Waals surface area (Å²) in [4.78, 5) is 17.0. The van der Waals surface area contributed by atoms with E-state index in [1.165, 1.54) is 12.2 Å². The number of pyridine rings is 1. The van der Waals surface area contributed by atoms with E-state index < -0.39 is 0 Å². The molecule has 0 aliphatic rings. The summed E-state index contributed by atoms with van der Waals surface area (Å²) in [6.07, 6.45) is 6.55. The first-order valence-electron chi connectivity index (χ1n) is 9.88. The Morgan fingerprint density at radius 3 is 2.29 bits per heavy atom. The molecule has 0 fully saturated rings. The predicted molar refractivity (Wildman–Crippen MR) is 124 cm³/mol. The van der Waals surface area contributed by atoms with Crippen LogP contribution in [0.2, 0.25) is 0 Å². The molecule has 0 unspecified atom stereocenters. The van der Waals surface area contributed by atoms with E-state index in [2.05, 4.69) is 4.98 Å². The van der Waals surface area contributed by atoms with Gasteiger partial charge in [-0.3, -0.25) is 4.79 Å². The first-order chi connectivity index (χ1) is 15.2. The van der Waals surface area contributed by atoms with Crippen molar-refractivity contribution in [2.45, 2.75) is 0 Å². The molecule has 4 rings (SSSR count). The molecular formula is C27H21NO3. The first-order valence-corrected chi connectivity index (χ1v) is 9.88. The highest BCUT2D eigenvalue weighted by Crippen LogP contribution is 2.28. The zero-order valence-electron chi connectivity index (χ0n) is 17.1. The van der Waals surface area contributed by atoms with Gasteiger partial charge in [0.1, 0.15) is 11.5 Å². The SMILES string of the molecule is COc1ccc(/C=C/C(=O)/C=C/c2cc3ccccc3nc2Oc2ccccc2)cc1. The normalized spacial score (nSPS) is 11.3. The van der Waals surface area contributed by atoms with Gasteiger partial charge in [0, 0.05) is 10.9 Å². The van der Waals surface area contributed by atoms with E-state index in [4.69, 9.17) is 9.47 Å². The van der Waals surface area contributed by atoms with Gasteiger partial charge in [-0.25, -0.2) is 4.98 Å². The number of aromatic nitrogens is 1. The van der Waals surface area contributed by atoms with E-state index >= 15 is 0 Å². The average molecular weight is 407 g/mol. The van der Waals surface area contributed by atoms with Crippen molar-refractivity contribution in [2.75, 3.05) is 7.11 Å². The molecule has 4 heteroatoms. The van der Waals surface area contributed by atoms with Gasteiger partial charge >= 0.3 is 0 Å².